The van der Waals surface area contributed by atoms with Crippen LogP contribution in [0.25, 0.3) is 0 Å². The lowest BCUT2D eigenvalue weighted by Gasteiger charge is -2.08. The third kappa shape index (κ3) is 5.04. The smallest absolute Gasteiger partial charge is 0.329 e. The third-order valence-electron chi connectivity index (χ3n) is 3.28. The molecule has 0 fully saturated rings. The molecule has 0 bridgehead atoms. The van der Waals surface area contributed by atoms with Crippen molar-refractivity contribution in [2.24, 2.45) is 5.10 Å². The second-order valence-electron chi connectivity index (χ2n) is 4.95. The van der Waals surface area contributed by atoms with E-state index in [0.717, 1.165) is 4.47 Å². The maximum atomic E-state index is 11.9. The Hall–Kier alpha value is -2.38. The number of hydrazone groups is 1. The van der Waals surface area contributed by atoms with E-state index in [1.54, 1.807) is 37.3 Å². The zero-order valence-electron chi connectivity index (χ0n) is 13.5. The second kappa shape index (κ2) is 8.64. The first-order valence-electron chi connectivity index (χ1n) is 7.15. The van der Waals surface area contributed by atoms with E-state index in [1.807, 2.05) is 6.07 Å². The fourth-order valence-corrected chi connectivity index (χ4v) is 2.49. The summed E-state index contributed by atoms with van der Waals surface area (Å²) in [5, 5.41) is 6.77. The highest BCUT2D eigenvalue weighted by Crippen LogP contribution is 2.23. The molecule has 0 radical (unpaired) electrons. The van der Waals surface area contributed by atoms with Gasteiger partial charge in [-0.15, -0.1) is 0 Å². The number of ether oxygens (including phenoxy) is 1. The van der Waals surface area contributed by atoms with E-state index in [1.165, 1.54) is 13.3 Å². The minimum atomic E-state index is -0.899. The monoisotopic (exact) mass is 423 g/mol. The first kappa shape index (κ1) is 19.0. The molecule has 2 aromatic carbocycles. The number of nitrogens with one attached hydrogen (secondary N) is 2. The van der Waals surface area contributed by atoms with Crippen molar-refractivity contribution < 1.29 is 14.3 Å². The van der Waals surface area contributed by atoms with Gasteiger partial charge in [-0.25, -0.2) is 5.43 Å². The molecular formula is C17H15BrClN3O3. The lowest BCUT2D eigenvalue weighted by molar-refractivity contribution is -0.136. The molecular weight excluding hydrogens is 410 g/mol. The SMILES string of the molecule is COc1ccc(Br)cc1C=NNC(=O)C(=O)Nc1cccc(Cl)c1C. The van der Waals surface area contributed by atoms with Crippen molar-refractivity contribution in [1.82, 2.24) is 5.43 Å². The summed E-state index contributed by atoms with van der Waals surface area (Å²) in [6.45, 7) is 1.74. The van der Waals surface area contributed by atoms with Crippen LogP contribution in [0.2, 0.25) is 5.02 Å². The topological polar surface area (TPSA) is 79.8 Å². The molecule has 0 spiro atoms. The summed E-state index contributed by atoms with van der Waals surface area (Å²) >= 11 is 9.32. The lowest BCUT2D eigenvalue weighted by atomic mass is 10.2. The van der Waals surface area contributed by atoms with Crippen LogP contribution in [0.3, 0.4) is 0 Å². The fraction of sp³-hybridized carbons (Fsp3) is 0.118. The van der Waals surface area contributed by atoms with Gasteiger partial charge in [0.15, 0.2) is 0 Å². The molecule has 2 rings (SSSR count). The molecule has 2 N–H and O–H groups in total. The zero-order valence-corrected chi connectivity index (χ0v) is 15.8. The average Bonchev–Trinajstić information content (AvgIpc) is 2.59. The van der Waals surface area contributed by atoms with Crippen LogP contribution in [0, 0.1) is 6.92 Å². The molecule has 2 aromatic rings. The van der Waals surface area contributed by atoms with Gasteiger partial charge in [0.05, 0.1) is 13.3 Å². The van der Waals surface area contributed by atoms with Gasteiger partial charge in [0.25, 0.3) is 0 Å². The molecule has 25 heavy (non-hydrogen) atoms. The Morgan fingerprint density at radius 3 is 2.72 bits per heavy atom. The highest BCUT2D eigenvalue weighted by Gasteiger charge is 2.14. The van der Waals surface area contributed by atoms with Crippen molar-refractivity contribution in [2.75, 3.05) is 12.4 Å². The number of hydrogen-bond acceptors (Lipinski definition) is 4. The number of carbonyl (C=O) groups excluding carboxylic acids is 2. The molecule has 0 aliphatic carbocycles. The van der Waals surface area contributed by atoms with Gasteiger partial charge in [0, 0.05) is 20.7 Å². The zero-order chi connectivity index (χ0) is 18.4. The van der Waals surface area contributed by atoms with Crippen molar-refractivity contribution in [2.45, 2.75) is 6.92 Å². The van der Waals surface area contributed by atoms with E-state index >= 15 is 0 Å². The Balaban J connectivity index is 2.01. The van der Waals surface area contributed by atoms with Crippen LogP contribution < -0.4 is 15.5 Å². The van der Waals surface area contributed by atoms with Crippen molar-refractivity contribution in [1.29, 1.82) is 0 Å². The van der Waals surface area contributed by atoms with Crippen LogP contribution in [0.1, 0.15) is 11.1 Å². The molecule has 0 aliphatic rings. The Labute approximate surface area is 158 Å². The quantitative estimate of drug-likeness (QED) is 0.448. The summed E-state index contributed by atoms with van der Waals surface area (Å²) < 4.78 is 6.02. The Kier molecular flexibility index (Phi) is 6.55. The van der Waals surface area contributed by atoms with Gasteiger partial charge in [-0.05, 0) is 42.8 Å². The molecule has 6 nitrogen and oxygen atoms in total. The van der Waals surface area contributed by atoms with E-state index in [9.17, 15) is 9.59 Å². The van der Waals surface area contributed by atoms with Gasteiger partial charge >= 0.3 is 11.8 Å². The van der Waals surface area contributed by atoms with Crippen LogP contribution >= 0.6 is 27.5 Å². The number of benzene rings is 2. The summed E-state index contributed by atoms with van der Waals surface area (Å²) in [4.78, 5) is 23.8. The van der Waals surface area contributed by atoms with Gasteiger partial charge in [-0.1, -0.05) is 33.6 Å². The van der Waals surface area contributed by atoms with E-state index in [-0.39, 0.29) is 0 Å². The van der Waals surface area contributed by atoms with Crippen molar-refractivity contribution >= 4 is 51.2 Å². The van der Waals surface area contributed by atoms with E-state index in [4.69, 9.17) is 16.3 Å². The van der Waals surface area contributed by atoms with Crippen LogP contribution in [0.4, 0.5) is 5.69 Å². The molecule has 0 saturated heterocycles. The van der Waals surface area contributed by atoms with Gasteiger partial charge in [-0.3, -0.25) is 9.59 Å². The Morgan fingerprint density at radius 2 is 2.00 bits per heavy atom. The lowest BCUT2D eigenvalue weighted by Crippen LogP contribution is -2.32. The summed E-state index contributed by atoms with van der Waals surface area (Å²) in [5.74, 6) is -1.16. The van der Waals surface area contributed by atoms with E-state index in [0.29, 0.717) is 27.6 Å². The van der Waals surface area contributed by atoms with Gasteiger partial charge in [-0.2, -0.15) is 5.10 Å². The summed E-state index contributed by atoms with van der Waals surface area (Å²) in [6, 6.07) is 10.4. The Bertz CT molecular complexity index is 840. The molecule has 0 heterocycles. The van der Waals surface area contributed by atoms with Crippen LogP contribution in [-0.4, -0.2) is 25.1 Å². The van der Waals surface area contributed by atoms with Crippen molar-refractivity contribution in [3.8, 4) is 5.75 Å². The van der Waals surface area contributed by atoms with Gasteiger partial charge in [0.1, 0.15) is 5.75 Å². The van der Waals surface area contributed by atoms with Crippen LogP contribution in [0.15, 0.2) is 46.0 Å². The molecule has 0 aromatic heterocycles. The molecule has 0 saturated carbocycles. The predicted molar refractivity (Wildman–Crippen MR) is 101 cm³/mol. The molecule has 0 unspecified atom stereocenters. The summed E-state index contributed by atoms with van der Waals surface area (Å²) in [6.07, 6.45) is 1.39. The highest BCUT2D eigenvalue weighted by atomic mass is 79.9. The summed E-state index contributed by atoms with van der Waals surface area (Å²) in [7, 11) is 1.53. The summed E-state index contributed by atoms with van der Waals surface area (Å²) in [5.41, 5.74) is 3.95. The van der Waals surface area contributed by atoms with E-state index in [2.05, 4.69) is 31.8 Å². The highest BCUT2D eigenvalue weighted by molar-refractivity contribution is 9.10. The number of nitrogens with zero attached hydrogens (tertiary/aromatic N) is 1. The minimum absolute atomic E-state index is 0.463. The van der Waals surface area contributed by atoms with Gasteiger partial charge in [0.2, 0.25) is 0 Å². The number of rotatable bonds is 4. The normalized spacial score (nSPS) is 10.6. The molecule has 0 aliphatic heterocycles. The first-order chi connectivity index (χ1) is 11.9. The molecule has 2 amide bonds. The number of hydrogen-bond donors (Lipinski definition) is 2. The molecule has 0 atom stereocenters. The maximum absolute atomic E-state index is 11.9. The van der Waals surface area contributed by atoms with Crippen molar-refractivity contribution in [3.05, 3.63) is 57.0 Å². The standard InChI is InChI=1S/C17H15BrClN3O3/c1-10-13(19)4-3-5-14(10)21-16(23)17(24)22-20-9-11-8-12(18)6-7-15(11)25-2/h3-9H,1-2H3,(H,21,23)(H,22,24). The van der Waals surface area contributed by atoms with Crippen molar-refractivity contribution in [3.63, 3.8) is 0 Å². The largest absolute Gasteiger partial charge is 0.496 e. The molecule has 130 valence electrons. The number of anilines is 1. The van der Waals surface area contributed by atoms with Crippen LogP contribution in [0.5, 0.6) is 5.75 Å². The predicted octanol–water partition coefficient (Wildman–Crippen LogP) is 3.51. The van der Waals surface area contributed by atoms with Crippen LogP contribution in [-0.2, 0) is 9.59 Å². The number of amides is 2. The fourth-order valence-electron chi connectivity index (χ4n) is 1.94. The maximum Gasteiger partial charge on any atom is 0.329 e. The first-order valence-corrected chi connectivity index (χ1v) is 8.32. The second-order valence-corrected chi connectivity index (χ2v) is 6.27. The number of methoxy groups -OCH3 is 1. The number of carbonyl (C=O) groups is 2. The third-order valence-corrected chi connectivity index (χ3v) is 4.19. The average molecular weight is 425 g/mol. The van der Waals surface area contributed by atoms with E-state index < -0.39 is 11.8 Å². The molecule has 8 heteroatoms. The minimum Gasteiger partial charge on any atom is -0.496 e. The van der Waals surface area contributed by atoms with Gasteiger partial charge < -0.3 is 10.1 Å². The Morgan fingerprint density at radius 1 is 1.24 bits per heavy atom. The number of halogens is 2.